The summed E-state index contributed by atoms with van der Waals surface area (Å²) in [5.74, 6) is 24.6. The molecule has 0 atom stereocenters. The van der Waals surface area contributed by atoms with Crippen molar-refractivity contribution in [2.75, 3.05) is 112 Å². The maximum absolute atomic E-state index is 11.7. The van der Waals surface area contributed by atoms with Gasteiger partial charge in [0.2, 0.25) is 0 Å². The smallest absolute Gasteiger partial charge is 0.160 e. The zero-order valence-electron chi connectivity index (χ0n) is 99.3. The maximum Gasteiger partial charge on any atom is 0.160 e. The Balaban J connectivity index is -0.000000223. The van der Waals surface area contributed by atoms with E-state index in [1.165, 1.54) is 77.0 Å². The average Bonchev–Trinajstić information content (AvgIpc) is 0.928. The number of hydrogen-bond donors (Lipinski definition) is 0. The molecule has 136 heavy (non-hydrogen) atoms. The largest absolute Gasteiger partial charge is 0.381 e. The highest BCUT2D eigenvalue weighted by Crippen LogP contribution is 2.37. The molecule has 0 saturated heterocycles. The van der Waals surface area contributed by atoms with Crippen molar-refractivity contribution in [1.82, 2.24) is 0 Å². The molecule has 15 nitrogen and oxygen atoms in total. The van der Waals surface area contributed by atoms with Crippen molar-refractivity contribution in [3.8, 4) is 11.8 Å². The summed E-state index contributed by atoms with van der Waals surface area (Å²) in [6.07, 6.45) is 27.7. The van der Waals surface area contributed by atoms with Gasteiger partial charge in [-0.2, -0.15) is 0 Å². The van der Waals surface area contributed by atoms with E-state index in [9.17, 15) is 28.8 Å². The van der Waals surface area contributed by atoms with Gasteiger partial charge in [0.1, 0.15) is 35.5 Å². The van der Waals surface area contributed by atoms with E-state index in [0.29, 0.717) is 120 Å². The Morgan fingerprint density at radius 2 is 0.515 bits per heavy atom. The predicted octanol–water partition coefficient (Wildman–Crippen LogP) is 32.7. The second-order valence-corrected chi connectivity index (χ2v) is 48.1. The van der Waals surface area contributed by atoms with Crippen LogP contribution in [0, 0.1) is 172 Å². The predicted molar refractivity (Wildman–Crippen MR) is 589 cm³/mol. The monoisotopic (exact) mass is 1940 g/mol. The summed E-state index contributed by atoms with van der Waals surface area (Å²) in [6, 6.07) is 0. The summed E-state index contributed by atoms with van der Waals surface area (Å²) in [5.41, 5.74) is 0. The molecule has 0 N–H and O–H groups in total. The minimum absolute atomic E-state index is 0.0617. The lowest BCUT2D eigenvalue weighted by Crippen LogP contribution is -2.22. The van der Waals surface area contributed by atoms with Gasteiger partial charge in [-0.15, -0.1) is 11.8 Å². The lowest BCUT2D eigenvalue weighted by atomic mass is 9.75. The summed E-state index contributed by atoms with van der Waals surface area (Å²) >= 11 is 0. The number of rotatable bonds is 57. The number of hydrogen-bond acceptors (Lipinski definition) is 15. The third kappa shape index (κ3) is 124. The van der Waals surface area contributed by atoms with Gasteiger partial charge in [-0.05, 0) is 229 Å². The third-order valence-corrected chi connectivity index (χ3v) is 22.9. The van der Waals surface area contributed by atoms with Crippen LogP contribution in [0.1, 0.15) is 459 Å². The number of ketones is 6. The molecule has 3 fully saturated rings. The van der Waals surface area contributed by atoms with Crippen LogP contribution in [-0.2, 0) is 71.4 Å². The molecular formula is C121H242O15. The summed E-state index contributed by atoms with van der Waals surface area (Å²) < 4.78 is 48.0. The Kier molecular flexibility index (Phi) is 109. The fraction of sp³-hybridized carbons (Fsp3) is 0.934. The van der Waals surface area contributed by atoms with Crippen molar-refractivity contribution in [1.29, 1.82) is 0 Å². The highest BCUT2D eigenvalue weighted by molar-refractivity contribution is 5.82. The number of Topliss-reactive ketones (excluding diaryl/α,β-unsaturated/α-hetero) is 6. The van der Waals surface area contributed by atoms with Crippen LogP contribution in [0.15, 0.2) is 0 Å². The molecular weight excluding hydrogens is 1690 g/mol. The van der Waals surface area contributed by atoms with Gasteiger partial charge in [-0.25, -0.2) is 0 Å². The van der Waals surface area contributed by atoms with Gasteiger partial charge in [0.15, 0.2) is 5.78 Å². The standard InChI is InChI=1S/C16H28O2.C15H28O.C14H26O.C11H22O3.C11H24O2.C10H22O2.C10H20O.C9H20O2.C9H20O.C9H16.C7H16/c1-11(2)15(17)9-13-5-7-14(8-6-13)10-16(18)12(3)4;1-11(2)9-13-5-7-14(8-6-13)10-15(16)12(3)4;1-10(2)13-7-5-12(6-8-13)9-14(15)11(3)4;1-9(2)7-13-5-6-14-8-11(12)10(3)4;1-10(2)5-6-12-7-8-13-9-11(3)4;1-9(2)7-11-5-6-12-8-10(3)4;1-8(2)6-5-7-10(11)9(3)4;1-8(2)7-10-5-6-11-9(3)4;1-8(2)5-6-10-7-9(3)4;1-8(2)6-5-7-9(3)4;1-6(2)5-7(3)4/h11-14H,5-10H2,1-4H3;11-14H,5-10H2,1-4H3;10-13H,5-9H2,1-4H3;9-10H,5-8H2,1-4H3;10-11H,5-9H2,1-4H3;9-10H,5-8H2,1-4H3;2*8-9H,5-7H2,1-4H3;8-9H,5-7H2,1-4H3;8-9H,6H2,1-4H3;6-7H,5H2,1-4H3. The molecule has 0 aliphatic heterocycles. The molecule has 0 radical (unpaired) electrons. The molecule has 0 aromatic carbocycles. The molecule has 0 aromatic heterocycles. The first-order chi connectivity index (χ1) is 63.2. The van der Waals surface area contributed by atoms with Crippen molar-refractivity contribution in [2.45, 2.75) is 465 Å². The van der Waals surface area contributed by atoms with Crippen LogP contribution in [0.3, 0.4) is 0 Å². The van der Waals surface area contributed by atoms with Crippen LogP contribution in [-0.4, -0.2) is 153 Å². The van der Waals surface area contributed by atoms with E-state index < -0.39 is 0 Å². The second-order valence-electron chi connectivity index (χ2n) is 48.1. The Morgan fingerprint density at radius 1 is 0.250 bits per heavy atom. The van der Waals surface area contributed by atoms with Crippen molar-refractivity contribution in [3.63, 3.8) is 0 Å². The molecule has 3 aliphatic rings. The average molecular weight is 1940 g/mol. The van der Waals surface area contributed by atoms with Crippen LogP contribution in [0.25, 0.3) is 0 Å². The highest BCUT2D eigenvalue weighted by atomic mass is 16.5. The van der Waals surface area contributed by atoms with Gasteiger partial charge < -0.3 is 42.6 Å². The minimum Gasteiger partial charge on any atom is -0.381 e. The van der Waals surface area contributed by atoms with E-state index in [-0.39, 0.29) is 47.9 Å². The molecule has 3 rings (SSSR count). The quantitative estimate of drug-likeness (QED) is 0.0413. The van der Waals surface area contributed by atoms with E-state index in [2.05, 4.69) is 220 Å². The number of carbonyl (C=O) groups is 6. The van der Waals surface area contributed by atoms with E-state index in [0.717, 1.165) is 222 Å². The Morgan fingerprint density at radius 3 is 0.757 bits per heavy atom. The summed E-state index contributed by atoms with van der Waals surface area (Å²) in [5, 5.41) is 0. The molecule has 0 unspecified atom stereocenters. The van der Waals surface area contributed by atoms with Crippen LogP contribution in [0.5, 0.6) is 0 Å². The van der Waals surface area contributed by atoms with E-state index in [4.69, 9.17) is 42.6 Å². The highest BCUT2D eigenvalue weighted by Gasteiger charge is 2.29. The van der Waals surface area contributed by atoms with Crippen LogP contribution >= 0.6 is 0 Å². The van der Waals surface area contributed by atoms with Crippen molar-refractivity contribution >= 4 is 34.7 Å². The molecule has 3 aliphatic carbocycles. The first-order valence-corrected chi connectivity index (χ1v) is 56.1. The first kappa shape index (κ1) is 149. The zero-order chi connectivity index (χ0) is 106. The summed E-state index contributed by atoms with van der Waals surface area (Å²) in [4.78, 5) is 69.0. The Bertz CT molecular complexity index is 2560. The molecule has 0 bridgehead atoms. The fourth-order valence-electron chi connectivity index (χ4n) is 14.2. The van der Waals surface area contributed by atoms with Gasteiger partial charge in [0.25, 0.3) is 0 Å². The number of ether oxygens (including phenoxy) is 9. The zero-order valence-corrected chi connectivity index (χ0v) is 99.3. The summed E-state index contributed by atoms with van der Waals surface area (Å²) in [6.45, 7) is 106. The van der Waals surface area contributed by atoms with Gasteiger partial charge in [0, 0.05) is 133 Å². The van der Waals surface area contributed by atoms with Gasteiger partial charge in [0.05, 0.1) is 59.0 Å². The molecule has 0 spiro atoms. The Labute approximate surface area is 850 Å². The topological polar surface area (TPSA) is 185 Å². The molecule has 15 heteroatoms. The minimum atomic E-state index is 0.0617. The second kappa shape index (κ2) is 99.6. The van der Waals surface area contributed by atoms with Crippen LogP contribution in [0.2, 0.25) is 0 Å². The molecule has 816 valence electrons. The lowest BCUT2D eigenvalue weighted by molar-refractivity contribution is -0.127. The van der Waals surface area contributed by atoms with Gasteiger partial charge in [-0.1, -0.05) is 310 Å². The number of carbonyl (C=O) groups excluding carboxylic acids is 6. The lowest BCUT2D eigenvalue weighted by Gasteiger charge is -2.30. The maximum atomic E-state index is 11.7. The van der Waals surface area contributed by atoms with Crippen molar-refractivity contribution in [3.05, 3.63) is 0 Å². The Hall–Kier alpha value is -2.78. The fourth-order valence-corrected chi connectivity index (χ4v) is 14.2. The van der Waals surface area contributed by atoms with Crippen LogP contribution in [0.4, 0.5) is 0 Å². The van der Waals surface area contributed by atoms with E-state index in [1.807, 2.05) is 96.9 Å². The van der Waals surface area contributed by atoms with Crippen LogP contribution < -0.4 is 0 Å². The molecule has 3 saturated carbocycles. The third-order valence-electron chi connectivity index (χ3n) is 22.9. The molecule has 0 heterocycles. The van der Waals surface area contributed by atoms with Crippen molar-refractivity contribution < 1.29 is 71.4 Å². The summed E-state index contributed by atoms with van der Waals surface area (Å²) in [7, 11) is 0. The van der Waals surface area contributed by atoms with Crippen molar-refractivity contribution in [2.24, 2.45) is 160 Å². The van der Waals surface area contributed by atoms with E-state index in [1.54, 1.807) is 0 Å². The van der Waals surface area contributed by atoms with E-state index >= 15 is 0 Å². The van der Waals surface area contributed by atoms with Gasteiger partial charge >= 0.3 is 0 Å². The van der Waals surface area contributed by atoms with Gasteiger partial charge in [-0.3, -0.25) is 28.8 Å². The first-order valence-electron chi connectivity index (χ1n) is 56.1. The molecule has 0 aromatic rings. The molecule has 0 amide bonds. The normalized spacial score (nSPS) is 16.5. The SMILES string of the molecule is CC(C)C#CCC(C)C.CC(C)C(=O)CC1CCC(C(C)C)CC1.CC(C)C(=O)CC1CCC(CC(=O)C(C)C)CC1.CC(C)CC(C)C.CC(C)CC1CCC(CC(=O)C(C)C)CC1.CC(C)CCCC(=O)C(C)C.CC(C)CCOCC(C)C.CC(C)CCOCCOCC(C)C.CC(C)COCCOC(C)C.CC(C)COCCOCC(=O)C(C)C.CC(C)COCCOCC(C)C.